The Morgan fingerprint density at radius 3 is 2.89 bits per heavy atom. The van der Waals surface area contributed by atoms with Crippen molar-refractivity contribution in [2.75, 3.05) is 0 Å². The van der Waals surface area contributed by atoms with Crippen LogP contribution in [0.1, 0.15) is 38.4 Å². The summed E-state index contributed by atoms with van der Waals surface area (Å²) in [7, 11) is 0. The molecule has 1 aromatic heterocycles. The minimum absolute atomic E-state index is 0.200. The third kappa shape index (κ3) is 4.94. The summed E-state index contributed by atoms with van der Waals surface area (Å²) in [5.74, 6) is -0.656. The van der Waals surface area contributed by atoms with E-state index in [0.29, 0.717) is 18.7 Å². The Morgan fingerprint density at radius 1 is 1.56 bits per heavy atom. The predicted octanol–water partition coefficient (Wildman–Crippen LogP) is 0.497. The summed E-state index contributed by atoms with van der Waals surface area (Å²) in [5, 5.41) is 17.8. The van der Waals surface area contributed by atoms with Crippen LogP contribution in [0.2, 0.25) is 0 Å². The number of aliphatic carboxylic acids is 1. The Bertz CT molecular complexity index is 378. The average molecular weight is 254 g/mol. The minimum atomic E-state index is -0.989. The van der Waals surface area contributed by atoms with Crippen LogP contribution in [0.3, 0.4) is 0 Å². The largest absolute Gasteiger partial charge is 0.480 e. The lowest BCUT2D eigenvalue weighted by Gasteiger charge is -2.13. The maximum absolute atomic E-state index is 11.6. The van der Waals surface area contributed by atoms with Crippen LogP contribution >= 0.6 is 0 Å². The van der Waals surface area contributed by atoms with Crippen molar-refractivity contribution in [3.63, 3.8) is 0 Å². The number of aromatic amines is 1. The Morgan fingerprint density at radius 2 is 2.33 bits per heavy atom. The van der Waals surface area contributed by atoms with E-state index in [9.17, 15) is 9.59 Å². The van der Waals surface area contributed by atoms with E-state index in [1.807, 2.05) is 6.92 Å². The van der Waals surface area contributed by atoms with E-state index in [0.717, 1.165) is 12.8 Å². The van der Waals surface area contributed by atoms with Crippen LogP contribution in [0.4, 0.5) is 0 Å². The highest BCUT2D eigenvalue weighted by molar-refractivity contribution is 5.83. The zero-order chi connectivity index (χ0) is 13.4. The van der Waals surface area contributed by atoms with Crippen molar-refractivity contribution in [1.29, 1.82) is 0 Å². The zero-order valence-electron chi connectivity index (χ0n) is 10.3. The molecule has 0 aromatic carbocycles. The number of H-pyrrole nitrogens is 1. The molecule has 100 valence electrons. The first-order valence-electron chi connectivity index (χ1n) is 6.00. The second-order valence-corrected chi connectivity index (χ2v) is 4.03. The van der Waals surface area contributed by atoms with Crippen LogP contribution in [0.5, 0.6) is 0 Å². The lowest BCUT2D eigenvalue weighted by atomic mass is 10.1. The molecular formula is C11H18N4O3. The van der Waals surface area contributed by atoms with Crippen molar-refractivity contribution in [3.8, 4) is 0 Å². The fourth-order valence-corrected chi connectivity index (χ4v) is 1.52. The molecular weight excluding hydrogens is 236 g/mol. The zero-order valence-corrected chi connectivity index (χ0v) is 10.3. The fourth-order valence-electron chi connectivity index (χ4n) is 1.52. The summed E-state index contributed by atoms with van der Waals surface area (Å²) in [5.41, 5.74) is 0. The van der Waals surface area contributed by atoms with Gasteiger partial charge in [0.25, 0.3) is 0 Å². The first kappa shape index (κ1) is 14.1. The topological polar surface area (TPSA) is 108 Å². The Kier molecular flexibility index (Phi) is 5.83. The summed E-state index contributed by atoms with van der Waals surface area (Å²) in [6.45, 7) is 1.98. The standard InChI is InChI=1S/C11H18N4O3/c1-2-3-4-8(11(17)18)14-10(16)6-5-9-12-7-13-15-9/h7-8H,2-6H2,1H3,(H,14,16)(H,17,18)(H,12,13,15). The summed E-state index contributed by atoms with van der Waals surface area (Å²) < 4.78 is 0. The molecule has 0 aliphatic carbocycles. The lowest BCUT2D eigenvalue weighted by molar-refractivity contribution is -0.142. The van der Waals surface area contributed by atoms with Crippen LogP contribution in [0.25, 0.3) is 0 Å². The van der Waals surface area contributed by atoms with E-state index in [2.05, 4.69) is 20.5 Å². The number of amides is 1. The van der Waals surface area contributed by atoms with Crippen molar-refractivity contribution in [3.05, 3.63) is 12.2 Å². The molecule has 18 heavy (non-hydrogen) atoms. The van der Waals surface area contributed by atoms with E-state index in [-0.39, 0.29) is 12.3 Å². The predicted molar refractivity (Wildman–Crippen MR) is 63.8 cm³/mol. The molecule has 1 aromatic rings. The molecule has 0 aliphatic heterocycles. The molecule has 0 bridgehead atoms. The number of carbonyl (C=O) groups is 2. The van der Waals surface area contributed by atoms with Crippen LogP contribution in [-0.4, -0.2) is 38.2 Å². The van der Waals surface area contributed by atoms with Gasteiger partial charge in [-0.25, -0.2) is 9.78 Å². The molecule has 0 radical (unpaired) electrons. The van der Waals surface area contributed by atoms with Crippen molar-refractivity contribution in [2.45, 2.75) is 45.1 Å². The molecule has 1 rings (SSSR count). The number of carbonyl (C=O) groups excluding carboxylic acids is 1. The number of aryl methyl sites for hydroxylation is 1. The number of carboxylic acids is 1. The van der Waals surface area contributed by atoms with E-state index in [1.54, 1.807) is 0 Å². The van der Waals surface area contributed by atoms with Gasteiger partial charge in [0.2, 0.25) is 5.91 Å². The molecule has 1 heterocycles. The maximum Gasteiger partial charge on any atom is 0.326 e. The van der Waals surface area contributed by atoms with Gasteiger partial charge in [-0.3, -0.25) is 9.89 Å². The van der Waals surface area contributed by atoms with E-state index in [1.165, 1.54) is 6.33 Å². The number of hydrogen-bond donors (Lipinski definition) is 3. The molecule has 7 nitrogen and oxygen atoms in total. The molecule has 1 amide bonds. The fraction of sp³-hybridized carbons (Fsp3) is 0.636. The highest BCUT2D eigenvalue weighted by atomic mass is 16.4. The molecule has 3 N–H and O–H groups in total. The van der Waals surface area contributed by atoms with Crippen molar-refractivity contribution < 1.29 is 14.7 Å². The van der Waals surface area contributed by atoms with Gasteiger partial charge in [0, 0.05) is 12.8 Å². The second-order valence-electron chi connectivity index (χ2n) is 4.03. The average Bonchev–Trinajstić information content (AvgIpc) is 2.84. The molecule has 0 aliphatic rings. The van der Waals surface area contributed by atoms with Gasteiger partial charge in [0.15, 0.2) is 0 Å². The number of unbranched alkanes of at least 4 members (excludes halogenated alkanes) is 1. The third-order valence-electron chi connectivity index (χ3n) is 2.53. The van der Waals surface area contributed by atoms with Gasteiger partial charge in [-0.1, -0.05) is 19.8 Å². The summed E-state index contributed by atoms with van der Waals surface area (Å²) in [6.07, 6.45) is 4.13. The molecule has 1 atom stereocenters. The van der Waals surface area contributed by atoms with Gasteiger partial charge in [-0.05, 0) is 6.42 Å². The van der Waals surface area contributed by atoms with Crippen molar-refractivity contribution in [1.82, 2.24) is 20.5 Å². The third-order valence-corrected chi connectivity index (χ3v) is 2.53. The van der Waals surface area contributed by atoms with E-state index in [4.69, 9.17) is 5.11 Å². The molecule has 0 fully saturated rings. The van der Waals surface area contributed by atoms with Gasteiger partial charge in [0.05, 0.1) is 0 Å². The van der Waals surface area contributed by atoms with Gasteiger partial charge in [-0.15, -0.1) is 0 Å². The van der Waals surface area contributed by atoms with Gasteiger partial charge in [0.1, 0.15) is 18.2 Å². The molecule has 0 saturated heterocycles. The number of aromatic nitrogens is 3. The SMILES string of the molecule is CCCCC(NC(=O)CCc1ncn[nH]1)C(=O)O. The Balaban J connectivity index is 2.34. The number of rotatable bonds is 8. The van der Waals surface area contributed by atoms with Gasteiger partial charge < -0.3 is 10.4 Å². The first-order valence-corrected chi connectivity index (χ1v) is 6.00. The maximum atomic E-state index is 11.6. The highest BCUT2D eigenvalue weighted by Crippen LogP contribution is 2.02. The molecule has 0 spiro atoms. The van der Waals surface area contributed by atoms with E-state index >= 15 is 0 Å². The lowest BCUT2D eigenvalue weighted by Crippen LogP contribution is -2.40. The highest BCUT2D eigenvalue weighted by Gasteiger charge is 2.18. The molecule has 1 unspecified atom stereocenters. The van der Waals surface area contributed by atoms with Crippen LogP contribution in [0, 0.1) is 0 Å². The monoisotopic (exact) mass is 254 g/mol. The second kappa shape index (κ2) is 7.41. The molecule has 0 saturated carbocycles. The van der Waals surface area contributed by atoms with Crippen LogP contribution in [0.15, 0.2) is 6.33 Å². The van der Waals surface area contributed by atoms with Crippen molar-refractivity contribution in [2.24, 2.45) is 0 Å². The number of nitrogens with one attached hydrogen (secondary N) is 2. The van der Waals surface area contributed by atoms with Gasteiger partial charge in [-0.2, -0.15) is 5.10 Å². The molecule has 7 heteroatoms. The normalized spacial score (nSPS) is 12.1. The summed E-state index contributed by atoms with van der Waals surface area (Å²) >= 11 is 0. The Hall–Kier alpha value is -1.92. The Labute approximate surface area is 105 Å². The van der Waals surface area contributed by atoms with Crippen LogP contribution in [-0.2, 0) is 16.0 Å². The number of carboxylic acid groups (broad SMARTS) is 1. The van der Waals surface area contributed by atoms with E-state index < -0.39 is 12.0 Å². The smallest absolute Gasteiger partial charge is 0.326 e. The quantitative estimate of drug-likeness (QED) is 0.626. The van der Waals surface area contributed by atoms with Gasteiger partial charge >= 0.3 is 5.97 Å². The number of nitrogens with zero attached hydrogens (tertiary/aromatic N) is 2. The number of hydrogen-bond acceptors (Lipinski definition) is 4. The van der Waals surface area contributed by atoms with Crippen molar-refractivity contribution >= 4 is 11.9 Å². The summed E-state index contributed by atoms with van der Waals surface area (Å²) in [4.78, 5) is 26.4. The van der Waals surface area contributed by atoms with Crippen LogP contribution < -0.4 is 5.32 Å². The first-order chi connectivity index (χ1) is 8.63. The minimum Gasteiger partial charge on any atom is -0.480 e. The summed E-state index contributed by atoms with van der Waals surface area (Å²) in [6, 6.07) is -0.799.